The number of β-amino-alcohol motifs (C(OH)–C–C–N with tert-alkyl or cyclic N) is 1. The molecule has 0 aromatic carbocycles. The topological polar surface area (TPSA) is 26.7 Å². The highest BCUT2D eigenvalue weighted by atomic mass is 19.4. The molecule has 17 heavy (non-hydrogen) atoms. The highest BCUT2D eigenvalue weighted by molar-refractivity contribution is 4.84. The summed E-state index contributed by atoms with van der Waals surface area (Å²) < 4.78 is 36.6. The molecule has 2 rings (SSSR count). The Balaban J connectivity index is 1.71. The van der Waals surface area contributed by atoms with E-state index < -0.39 is 12.3 Å². The van der Waals surface area contributed by atoms with Crippen LogP contribution < -0.4 is 0 Å². The van der Waals surface area contributed by atoms with Gasteiger partial charge in [0.2, 0.25) is 0 Å². The fraction of sp³-hybridized carbons (Fsp3) is 1.00. The molecule has 2 aliphatic rings. The number of nitrogens with zero attached hydrogens (tertiary/aromatic N) is 2. The lowest BCUT2D eigenvalue weighted by molar-refractivity contribution is -0.209. The first-order valence-electron chi connectivity index (χ1n) is 6.18. The van der Waals surface area contributed by atoms with Crippen molar-refractivity contribution in [2.24, 2.45) is 0 Å². The van der Waals surface area contributed by atoms with Gasteiger partial charge in [-0.25, -0.2) is 0 Å². The van der Waals surface area contributed by atoms with Crippen LogP contribution in [0.15, 0.2) is 0 Å². The summed E-state index contributed by atoms with van der Waals surface area (Å²) in [4.78, 5) is 4.06. The normalized spacial score (nSPS) is 26.8. The Morgan fingerprint density at radius 3 is 2.12 bits per heavy atom. The van der Waals surface area contributed by atoms with E-state index in [-0.39, 0.29) is 6.54 Å². The molecule has 0 aromatic heterocycles. The van der Waals surface area contributed by atoms with Gasteiger partial charge in [-0.15, -0.1) is 0 Å². The Bertz CT molecular complexity index is 248. The van der Waals surface area contributed by atoms with Crippen molar-refractivity contribution in [3.63, 3.8) is 0 Å². The Hall–Kier alpha value is -0.330. The summed E-state index contributed by atoms with van der Waals surface area (Å²) in [6.07, 6.45) is -2.98. The van der Waals surface area contributed by atoms with Crippen molar-refractivity contribution in [2.45, 2.75) is 37.6 Å². The Morgan fingerprint density at radius 1 is 1.12 bits per heavy atom. The van der Waals surface area contributed by atoms with Crippen molar-refractivity contribution in [2.75, 3.05) is 32.7 Å². The maximum atomic E-state index is 12.2. The summed E-state index contributed by atoms with van der Waals surface area (Å²) in [5.74, 6) is 0. The van der Waals surface area contributed by atoms with Crippen LogP contribution >= 0.6 is 0 Å². The molecule has 1 aliphatic carbocycles. The molecule has 0 aromatic rings. The van der Waals surface area contributed by atoms with Crippen molar-refractivity contribution < 1.29 is 18.3 Å². The van der Waals surface area contributed by atoms with Crippen LogP contribution in [0.2, 0.25) is 0 Å². The molecule has 1 atom stereocenters. The lowest BCUT2D eigenvalue weighted by atomic mass is 9.91. The largest absolute Gasteiger partial charge is 0.415 e. The minimum Gasteiger partial charge on any atom is -0.382 e. The molecule has 1 saturated heterocycles. The second-order valence-corrected chi connectivity index (χ2v) is 4.98. The minimum atomic E-state index is -4.49. The molecule has 100 valence electrons. The molecule has 1 saturated carbocycles. The predicted molar refractivity (Wildman–Crippen MR) is 57.7 cm³/mol. The van der Waals surface area contributed by atoms with E-state index in [4.69, 9.17) is 5.11 Å². The van der Waals surface area contributed by atoms with Crippen molar-refractivity contribution in [3.8, 4) is 0 Å². The summed E-state index contributed by atoms with van der Waals surface area (Å²) in [6.45, 7) is 2.62. The summed E-state index contributed by atoms with van der Waals surface area (Å²) in [5, 5.41) is 8.99. The lowest BCUT2D eigenvalue weighted by Crippen LogP contribution is -2.54. The first-order valence-corrected chi connectivity index (χ1v) is 6.18. The zero-order chi connectivity index (χ0) is 12.5. The van der Waals surface area contributed by atoms with Crippen molar-refractivity contribution in [1.82, 2.24) is 9.80 Å². The Morgan fingerprint density at radius 2 is 1.71 bits per heavy atom. The van der Waals surface area contributed by atoms with Crippen molar-refractivity contribution in [3.05, 3.63) is 0 Å². The maximum Gasteiger partial charge on any atom is 0.415 e. The fourth-order valence-corrected chi connectivity index (χ4v) is 2.41. The summed E-state index contributed by atoms with van der Waals surface area (Å²) in [6, 6.07) is 0.657. The SMILES string of the molecule is OC(CN1CCN(C2CCC2)CC1)C(F)(F)F. The molecule has 0 spiro atoms. The van der Waals surface area contributed by atoms with E-state index in [0.29, 0.717) is 19.1 Å². The summed E-state index contributed by atoms with van der Waals surface area (Å²) in [5.41, 5.74) is 0. The second-order valence-electron chi connectivity index (χ2n) is 4.98. The molecule has 3 nitrogen and oxygen atoms in total. The average molecular weight is 252 g/mol. The van der Waals surface area contributed by atoms with Crippen LogP contribution in [0.5, 0.6) is 0 Å². The molecule has 0 radical (unpaired) electrons. The molecular weight excluding hydrogens is 233 g/mol. The molecule has 1 heterocycles. The van der Waals surface area contributed by atoms with Gasteiger partial charge in [0, 0.05) is 38.8 Å². The third-order valence-electron chi connectivity index (χ3n) is 3.81. The van der Waals surface area contributed by atoms with Crippen LogP contribution in [0.3, 0.4) is 0 Å². The number of rotatable bonds is 3. The molecule has 6 heteroatoms. The van der Waals surface area contributed by atoms with E-state index in [9.17, 15) is 13.2 Å². The smallest absolute Gasteiger partial charge is 0.382 e. The van der Waals surface area contributed by atoms with Crippen LogP contribution in [0.25, 0.3) is 0 Å². The minimum absolute atomic E-state index is 0.290. The van der Waals surface area contributed by atoms with E-state index in [1.807, 2.05) is 0 Å². The molecule has 0 amide bonds. The van der Waals surface area contributed by atoms with E-state index in [1.165, 1.54) is 19.3 Å². The van der Waals surface area contributed by atoms with Crippen LogP contribution in [-0.2, 0) is 0 Å². The number of piperazine rings is 1. The van der Waals surface area contributed by atoms with Gasteiger partial charge in [-0.3, -0.25) is 9.80 Å². The first kappa shape index (κ1) is 13.1. The van der Waals surface area contributed by atoms with Crippen LogP contribution in [0.4, 0.5) is 13.2 Å². The zero-order valence-corrected chi connectivity index (χ0v) is 9.79. The number of aliphatic hydroxyl groups excluding tert-OH is 1. The number of hydrogen-bond donors (Lipinski definition) is 1. The van der Waals surface area contributed by atoms with E-state index in [2.05, 4.69) is 4.90 Å². The molecule has 1 N–H and O–H groups in total. The molecular formula is C11H19F3N2O. The third kappa shape index (κ3) is 3.33. The molecule has 1 aliphatic heterocycles. The summed E-state index contributed by atoms with van der Waals surface area (Å²) >= 11 is 0. The van der Waals surface area contributed by atoms with Gasteiger partial charge in [-0.1, -0.05) is 6.42 Å². The van der Waals surface area contributed by atoms with E-state index in [1.54, 1.807) is 4.90 Å². The van der Waals surface area contributed by atoms with Crippen molar-refractivity contribution >= 4 is 0 Å². The predicted octanol–water partition coefficient (Wildman–Crippen LogP) is 1.08. The maximum absolute atomic E-state index is 12.2. The number of hydrogen-bond acceptors (Lipinski definition) is 3. The van der Waals surface area contributed by atoms with Crippen molar-refractivity contribution in [1.29, 1.82) is 0 Å². The van der Waals surface area contributed by atoms with Crippen LogP contribution in [0.1, 0.15) is 19.3 Å². The number of halogens is 3. The van der Waals surface area contributed by atoms with Crippen LogP contribution in [-0.4, -0.2) is 66.0 Å². The van der Waals surface area contributed by atoms with Gasteiger partial charge in [0.25, 0.3) is 0 Å². The van der Waals surface area contributed by atoms with Gasteiger partial charge in [0.15, 0.2) is 6.10 Å². The van der Waals surface area contributed by atoms with E-state index in [0.717, 1.165) is 13.1 Å². The Labute approximate surface area is 99.2 Å². The Kier molecular flexibility index (Phi) is 3.95. The highest BCUT2D eigenvalue weighted by Gasteiger charge is 2.39. The number of alkyl halides is 3. The second kappa shape index (κ2) is 5.12. The molecule has 2 fully saturated rings. The summed E-state index contributed by atoms with van der Waals surface area (Å²) in [7, 11) is 0. The van der Waals surface area contributed by atoms with Gasteiger partial charge in [0.05, 0.1) is 0 Å². The highest BCUT2D eigenvalue weighted by Crippen LogP contribution is 2.26. The van der Waals surface area contributed by atoms with Gasteiger partial charge in [-0.05, 0) is 12.8 Å². The first-order chi connectivity index (χ1) is 7.97. The standard InChI is InChI=1S/C11H19F3N2O/c12-11(13,14)10(17)8-15-4-6-16(7-5-15)9-2-1-3-9/h9-10,17H,1-8H2. The zero-order valence-electron chi connectivity index (χ0n) is 9.79. The quantitative estimate of drug-likeness (QED) is 0.814. The van der Waals surface area contributed by atoms with Gasteiger partial charge in [-0.2, -0.15) is 13.2 Å². The monoisotopic (exact) mass is 252 g/mol. The lowest BCUT2D eigenvalue weighted by Gasteiger charge is -2.43. The van der Waals surface area contributed by atoms with Gasteiger partial charge < -0.3 is 5.11 Å². The molecule has 1 unspecified atom stereocenters. The van der Waals surface area contributed by atoms with Gasteiger partial charge >= 0.3 is 6.18 Å². The van der Waals surface area contributed by atoms with E-state index >= 15 is 0 Å². The molecule has 0 bridgehead atoms. The fourth-order valence-electron chi connectivity index (χ4n) is 2.41. The van der Waals surface area contributed by atoms with Crippen LogP contribution in [0, 0.1) is 0 Å². The average Bonchev–Trinajstić information content (AvgIpc) is 2.16. The third-order valence-corrected chi connectivity index (χ3v) is 3.81. The van der Waals surface area contributed by atoms with Gasteiger partial charge in [0.1, 0.15) is 0 Å². The number of aliphatic hydroxyl groups is 1.